The van der Waals surface area contributed by atoms with E-state index in [9.17, 15) is 0 Å². The van der Waals surface area contributed by atoms with E-state index in [0.717, 1.165) is 31.8 Å². The largest absolute Gasteiger partial charge is 0.408 e. The maximum atomic E-state index is 5.67. The van der Waals surface area contributed by atoms with Gasteiger partial charge in [0, 0.05) is 26.6 Å². The average molecular weight is 266 g/mol. The molecule has 1 aromatic rings. The first-order valence-corrected chi connectivity index (χ1v) is 7.48. The van der Waals surface area contributed by atoms with Crippen LogP contribution >= 0.6 is 0 Å². The van der Waals surface area contributed by atoms with Crippen LogP contribution in [0.4, 0.5) is 6.01 Å². The molecule has 1 aromatic heterocycles. The van der Waals surface area contributed by atoms with Gasteiger partial charge < -0.3 is 14.2 Å². The van der Waals surface area contributed by atoms with E-state index < -0.39 is 0 Å². The van der Waals surface area contributed by atoms with Crippen molar-refractivity contribution in [1.29, 1.82) is 0 Å². The van der Waals surface area contributed by atoms with Gasteiger partial charge in [-0.1, -0.05) is 18.9 Å². The van der Waals surface area contributed by atoms with Gasteiger partial charge >= 0.3 is 6.01 Å². The molecule has 1 atom stereocenters. The van der Waals surface area contributed by atoms with Crippen molar-refractivity contribution in [3.8, 4) is 0 Å². The van der Waals surface area contributed by atoms with Crippen LogP contribution in [0.3, 0.4) is 0 Å². The molecule has 1 fully saturated rings. The van der Waals surface area contributed by atoms with Gasteiger partial charge in [0.05, 0.1) is 0 Å². The van der Waals surface area contributed by atoms with E-state index in [0.29, 0.717) is 11.9 Å². The molecule has 0 aromatic carbocycles. The zero-order valence-corrected chi connectivity index (χ0v) is 12.4. The number of hydrogen-bond donors (Lipinski definition) is 0. The Morgan fingerprint density at radius 1 is 1.37 bits per heavy atom. The van der Waals surface area contributed by atoms with Crippen molar-refractivity contribution < 1.29 is 4.42 Å². The first-order chi connectivity index (χ1) is 9.22. The van der Waals surface area contributed by atoms with Gasteiger partial charge in [0.2, 0.25) is 5.89 Å². The summed E-state index contributed by atoms with van der Waals surface area (Å²) in [6, 6.07) is 0.664. The molecule has 1 aliphatic heterocycles. The molecule has 0 saturated carbocycles. The molecule has 108 valence electrons. The molecule has 0 bridgehead atoms. The number of piperidine rings is 1. The SMILES string of the molecule is CCCc1nnc(N(C)CC2CCCN(CC)C2)o1. The molecule has 0 spiro atoms. The summed E-state index contributed by atoms with van der Waals surface area (Å²) in [4.78, 5) is 4.63. The molecule has 19 heavy (non-hydrogen) atoms. The van der Waals surface area contributed by atoms with Gasteiger partial charge in [0.25, 0.3) is 0 Å². The predicted molar refractivity (Wildman–Crippen MR) is 76.4 cm³/mol. The predicted octanol–water partition coefficient (Wildman–Crippen LogP) is 2.19. The van der Waals surface area contributed by atoms with Crippen molar-refractivity contribution in [1.82, 2.24) is 15.1 Å². The number of aryl methyl sites for hydroxylation is 1. The molecule has 1 saturated heterocycles. The van der Waals surface area contributed by atoms with Crippen LogP contribution in [0.15, 0.2) is 4.42 Å². The number of hydrogen-bond acceptors (Lipinski definition) is 5. The third-order valence-electron chi connectivity index (χ3n) is 3.83. The number of nitrogens with zero attached hydrogens (tertiary/aromatic N) is 4. The van der Waals surface area contributed by atoms with Crippen molar-refractivity contribution >= 4 is 6.01 Å². The minimum Gasteiger partial charge on any atom is -0.408 e. The molecule has 2 heterocycles. The van der Waals surface area contributed by atoms with Gasteiger partial charge in [0.1, 0.15) is 0 Å². The highest BCUT2D eigenvalue weighted by atomic mass is 16.4. The van der Waals surface area contributed by atoms with E-state index in [1.807, 2.05) is 7.05 Å². The van der Waals surface area contributed by atoms with Crippen LogP contribution in [0.2, 0.25) is 0 Å². The van der Waals surface area contributed by atoms with E-state index in [2.05, 4.69) is 33.8 Å². The number of rotatable bonds is 6. The molecule has 2 rings (SSSR count). The molecule has 0 amide bonds. The lowest BCUT2D eigenvalue weighted by Gasteiger charge is -2.33. The fraction of sp³-hybridized carbons (Fsp3) is 0.857. The molecule has 1 aliphatic rings. The third kappa shape index (κ3) is 3.93. The second kappa shape index (κ2) is 6.89. The molecule has 0 aliphatic carbocycles. The van der Waals surface area contributed by atoms with E-state index in [-0.39, 0.29) is 0 Å². The summed E-state index contributed by atoms with van der Waals surface area (Å²) in [6.07, 6.45) is 4.52. The van der Waals surface area contributed by atoms with Crippen LogP contribution in [0, 0.1) is 5.92 Å². The van der Waals surface area contributed by atoms with Crippen molar-refractivity contribution in [2.75, 3.05) is 38.1 Å². The second-order valence-corrected chi connectivity index (χ2v) is 5.51. The lowest BCUT2D eigenvalue weighted by Crippen LogP contribution is -2.40. The standard InChI is InChI=1S/C14H26N4O/c1-4-7-13-15-16-14(19-13)17(3)10-12-8-6-9-18(5-2)11-12/h12H,4-11H2,1-3H3. The summed E-state index contributed by atoms with van der Waals surface area (Å²) < 4.78 is 5.67. The van der Waals surface area contributed by atoms with E-state index >= 15 is 0 Å². The Bertz CT molecular complexity index is 379. The highest BCUT2D eigenvalue weighted by Crippen LogP contribution is 2.20. The maximum absolute atomic E-state index is 5.67. The molecule has 5 nitrogen and oxygen atoms in total. The van der Waals surface area contributed by atoms with Crippen LogP contribution in [0.1, 0.15) is 39.0 Å². The normalized spacial score (nSPS) is 20.7. The van der Waals surface area contributed by atoms with E-state index in [1.54, 1.807) is 0 Å². The van der Waals surface area contributed by atoms with Gasteiger partial charge in [-0.05, 0) is 38.3 Å². The summed E-state index contributed by atoms with van der Waals surface area (Å²) >= 11 is 0. The Morgan fingerprint density at radius 2 is 2.21 bits per heavy atom. The van der Waals surface area contributed by atoms with Gasteiger partial charge in [-0.25, -0.2) is 0 Å². The zero-order valence-electron chi connectivity index (χ0n) is 12.4. The fourth-order valence-electron chi connectivity index (χ4n) is 2.77. The van der Waals surface area contributed by atoms with Crippen LogP contribution in [0.5, 0.6) is 0 Å². The van der Waals surface area contributed by atoms with Crippen LogP contribution in [0.25, 0.3) is 0 Å². The van der Waals surface area contributed by atoms with Crippen molar-refractivity contribution in [3.05, 3.63) is 5.89 Å². The molecule has 5 heteroatoms. The molecule has 1 unspecified atom stereocenters. The summed E-state index contributed by atoms with van der Waals surface area (Å²) in [5.74, 6) is 1.46. The quantitative estimate of drug-likeness (QED) is 0.790. The molecular formula is C14H26N4O. The summed E-state index contributed by atoms with van der Waals surface area (Å²) in [7, 11) is 2.05. The summed E-state index contributed by atoms with van der Waals surface area (Å²) in [5, 5.41) is 8.22. The smallest absolute Gasteiger partial charge is 0.317 e. The molecular weight excluding hydrogens is 240 g/mol. The zero-order chi connectivity index (χ0) is 13.7. The first-order valence-electron chi connectivity index (χ1n) is 7.48. The van der Waals surface area contributed by atoms with E-state index in [4.69, 9.17) is 4.42 Å². The van der Waals surface area contributed by atoms with Gasteiger partial charge in [-0.2, -0.15) is 0 Å². The Hall–Kier alpha value is -1.10. The fourth-order valence-corrected chi connectivity index (χ4v) is 2.77. The van der Waals surface area contributed by atoms with Crippen LogP contribution < -0.4 is 4.90 Å². The molecule has 0 N–H and O–H groups in total. The summed E-state index contributed by atoms with van der Waals surface area (Å²) in [6.45, 7) is 8.95. The minimum atomic E-state index is 0.664. The van der Waals surface area contributed by atoms with Gasteiger partial charge in [-0.15, -0.1) is 5.10 Å². The van der Waals surface area contributed by atoms with Crippen molar-refractivity contribution in [2.24, 2.45) is 5.92 Å². The lowest BCUT2D eigenvalue weighted by molar-refractivity contribution is 0.184. The van der Waals surface area contributed by atoms with Crippen LogP contribution in [-0.4, -0.2) is 48.3 Å². The highest BCUT2D eigenvalue weighted by molar-refractivity contribution is 5.22. The van der Waals surface area contributed by atoms with Crippen molar-refractivity contribution in [2.45, 2.75) is 39.5 Å². The van der Waals surface area contributed by atoms with Gasteiger partial charge in [-0.3, -0.25) is 0 Å². The number of likely N-dealkylation sites (tertiary alicyclic amines) is 1. The van der Waals surface area contributed by atoms with E-state index in [1.165, 1.54) is 25.9 Å². The first kappa shape index (κ1) is 14.3. The maximum Gasteiger partial charge on any atom is 0.317 e. The molecule has 0 radical (unpaired) electrons. The van der Waals surface area contributed by atoms with Gasteiger partial charge in [0.15, 0.2) is 0 Å². The minimum absolute atomic E-state index is 0.664. The lowest BCUT2D eigenvalue weighted by atomic mass is 9.98. The number of anilines is 1. The topological polar surface area (TPSA) is 45.4 Å². The number of aromatic nitrogens is 2. The Labute approximate surface area is 116 Å². The Kier molecular flexibility index (Phi) is 5.19. The van der Waals surface area contributed by atoms with Crippen LogP contribution in [-0.2, 0) is 6.42 Å². The monoisotopic (exact) mass is 266 g/mol. The Morgan fingerprint density at radius 3 is 2.95 bits per heavy atom. The second-order valence-electron chi connectivity index (χ2n) is 5.51. The average Bonchev–Trinajstić information content (AvgIpc) is 2.88. The summed E-state index contributed by atoms with van der Waals surface area (Å²) in [5.41, 5.74) is 0. The highest BCUT2D eigenvalue weighted by Gasteiger charge is 2.21. The Balaban J connectivity index is 1.86. The third-order valence-corrected chi connectivity index (χ3v) is 3.83. The van der Waals surface area contributed by atoms with Crippen molar-refractivity contribution in [3.63, 3.8) is 0 Å².